The van der Waals surface area contributed by atoms with Crippen LogP contribution in [0.25, 0.3) is 22.5 Å². The molecule has 0 atom stereocenters. The highest BCUT2D eigenvalue weighted by molar-refractivity contribution is 5.79. The summed E-state index contributed by atoms with van der Waals surface area (Å²) in [6.45, 7) is 5.01. The summed E-state index contributed by atoms with van der Waals surface area (Å²) >= 11 is 0. The molecule has 5 heteroatoms. The second-order valence-electron chi connectivity index (χ2n) is 7.22. The van der Waals surface area contributed by atoms with Crippen molar-refractivity contribution in [3.05, 3.63) is 60.2 Å². The van der Waals surface area contributed by atoms with Gasteiger partial charge in [-0.1, -0.05) is 86.0 Å². The van der Waals surface area contributed by atoms with Gasteiger partial charge in [0.25, 0.3) is 0 Å². The van der Waals surface area contributed by atoms with Crippen molar-refractivity contribution in [2.45, 2.75) is 52.5 Å². The van der Waals surface area contributed by atoms with Crippen molar-refractivity contribution in [3.8, 4) is 22.5 Å². The summed E-state index contributed by atoms with van der Waals surface area (Å²) in [6, 6.07) is 18.3. The van der Waals surface area contributed by atoms with E-state index in [0.29, 0.717) is 19.6 Å². The zero-order chi connectivity index (χ0) is 20.5. The van der Waals surface area contributed by atoms with Gasteiger partial charge in [-0.3, -0.25) is 4.79 Å². The number of unbranched alkanes of at least 4 members (excludes halogenated alkanes) is 3. The zero-order valence-electron chi connectivity index (χ0n) is 17.3. The molecule has 0 spiro atoms. The Morgan fingerprint density at radius 1 is 1.00 bits per heavy atom. The Kier molecular flexibility index (Phi) is 7.56. The van der Waals surface area contributed by atoms with Crippen LogP contribution in [-0.2, 0) is 16.1 Å². The van der Waals surface area contributed by atoms with Gasteiger partial charge in [0.05, 0.1) is 12.2 Å². The lowest BCUT2D eigenvalue weighted by Crippen LogP contribution is -2.13. The quantitative estimate of drug-likeness (QED) is 0.341. The Bertz CT molecular complexity index is 919. The second-order valence-corrected chi connectivity index (χ2v) is 7.22. The summed E-state index contributed by atoms with van der Waals surface area (Å²) in [6.07, 6.45) is 4.77. The molecular weight excluding hydrogens is 362 g/mol. The minimum atomic E-state index is -0.137. The molecule has 5 nitrogen and oxygen atoms in total. The predicted octanol–water partition coefficient (Wildman–Crippen LogP) is 5.43. The van der Waals surface area contributed by atoms with E-state index in [1.54, 1.807) is 0 Å². The first kappa shape index (κ1) is 20.8. The molecule has 0 aliphatic carbocycles. The fraction of sp³-hybridized carbons (Fsp3) is 0.375. The predicted molar refractivity (Wildman–Crippen MR) is 115 cm³/mol. The van der Waals surface area contributed by atoms with Gasteiger partial charge >= 0.3 is 5.97 Å². The number of rotatable bonds is 10. The maximum Gasteiger partial charge on any atom is 0.305 e. The Morgan fingerprint density at radius 3 is 2.52 bits per heavy atom. The van der Waals surface area contributed by atoms with Gasteiger partial charge < -0.3 is 4.74 Å². The van der Waals surface area contributed by atoms with Gasteiger partial charge in [-0.2, -0.15) is 0 Å². The summed E-state index contributed by atoms with van der Waals surface area (Å²) in [5.74, 6) is -0.137. The Balaban J connectivity index is 1.75. The van der Waals surface area contributed by atoms with Gasteiger partial charge in [0, 0.05) is 17.5 Å². The summed E-state index contributed by atoms with van der Waals surface area (Å²) in [7, 11) is 0. The largest absolute Gasteiger partial charge is 0.464 e. The molecule has 0 saturated carbocycles. The molecule has 0 aliphatic rings. The van der Waals surface area contributed by atoms with E-state index < -0.39 is 0 Å². The van der Waals surface area contributed by atoms with Crippen molar-refractivity contribution in [1.29, 1.82) is 0 Å². The van der Waals surface area contributed by atoms with Crippen molar-refractivity contribution in [2.24, 2.45) is 0 Å². The van der Waals surface area contributed by atoms with Crippen LogP contribution in [0.4, 0.5) is 0 Å². The summed E-state index contributed by atoms with van der Waals surface area (Å²) < 4.78 is 7.28. The van der Waals surface area contributed by atoms with Crippen molar-refractivity contribution < 1.29 is 9.53 Å². The molecule has 152 valence electrons. The van der Waals surface area contributed by atoms with E-state index in [-0.39, 0.29) is 5.97 Å². The molecule has 0 bridgehead atoms. The molecule has 0 aliphatic heterocycles. The number of carbonyl (C=O) groups excluding carboxylic acids is 1. The number of aryl methyl sites for hydroxylation is 1. The topological polar surface area (TPSA) is 57.0 Å². The van der Waals surface area contributed by atoms with Gasteiger partial charge in [0.2, 0.25) is 0 Å². The van der Waals surface area contributed by atoms with Gasteiger partial charge in [0.15, 0.2) is 0 Å². The van der Waals surface area contributed by atoms with E-state index in [2.05, 4.69) is 36.3 Å². The highest BCUT2D eigenvalue weighted by Gasteiger charge is 2.18. The molecule has 29 heavy (non-hydrogen) atoms. The van der Waals surface area contributed by atoms with Crippen LogP contribution >= 0.6 is 0 Å². The van der Waals surface area contributed by atoms with E-state index in [4.69, 9.17) is 4.74 Å². The van der Waals surface area contributed by atoms with Crippen LogP contribution in [0.2, 0.25) is 0 Å². The van der Waals surface area contributed by atoms with Gasteiger partial charge in [-0.25, -0.2) is 4.68 Å². The molecule has 0 N–H and O–H groups in total. The lowest BCUT2D eigenvalue weighted by atomic mass is 10.0. The number of nitrogens with zero attached hydrogens (tertiary/aromatic N) is 3. The van der Waals surface area contributed by atoms with Crippen molar-refractivity contribution >= 4 is 5.97 Å². The number of hydrogen-bond donors (Lipinski definition) is 0. The van der Waals surface area contributed by atoms with Gasteiger partial charge in [-0.15, -0.1) is 5.10 Å². The maximum atomic E-state index is 12.0. The molecule has 0 fully saturated rings. The van der Waals surface area contributed by atoms with Crippen LogP contribution in [0.5, 0.6) is 0 Å². The molecule has 3 rings (SSSR count). The van der Waals surface area contributed by atoms with Crippen LogP contribution in [0.3, 0.4) is 0 Å². The molecule has 2 aromatic carbocycles. The molecule has 0 saturated heterocycles. The molecule has 0 amide bonds. The van der Waals surface area contributed by atoms with E-state index in [1.807, 2.05) is 47.1 Å². The average Bonchev–Trinajstić information content (AvgIpc) is 3.16. The molecule has 1 aromatic heterocycles. The number of aromatic nitrogens is 3. The zero-order valence-corrected chi connectivity index (χ0v) is 17.3. The SMILES string of the molecule is CCCCCCC(=O)OCCn1nnc(-c2ccccc2)c1-c1ccccc1C. The minimum Gasteiger partial charge on any atom is -0.464 e. The van der Waals surface area contributed by atoms with Crippen LogP contribution in [-0.4, -0.2) is 27.6 Å². The van der Waals surface area contributed by atoms with E-state index in [1.165, 1.54) is 0 Å². The molecular formula is C24H29N3O2. The second kappa shape index (κ2) is 10.6. The molecule has 1 heterocycles. The molecule has 0 radical (unpaired) electrons. The van der Waals surface area contributed by atoms with Crippen LogP contribution in [0, 0.1) is 6.92 Å². The number of benzene rings is 2. The summed E-state index contributed by atoms with van der Waals surface area (Å²) in [4.78, 5) is 12.0. The third-order valence-electron chi connectivity index (χ3n) is 4.98. The fourth-order valence-electron chi connectivity index (χ4n) is 3.38. The first-order chi connectivity index (χ1) is 14.2. The first-order valence-electron chi connectivity index (χ1n) is 10.4. The highest BCUT2D eigenvalue weighted by Crippen LogP contribution is 2.32. The maximum absolute atomic E-state index is 12.0. The number of carbonyl (C=O) groups is 1. The fourth-order valence-corrected chi connectivity index (χ4v) is 3.38. The number of esters is 1. The Labute approximate surface area is 172 Å². The van der Waals surface area contributed by atoms with Gasteiger partial charge in [-0.05, 0) is 18.9 Å². The van der Waals surface area contributed by atoms with Crippen molar-refractivity contribution in [1.82, 2.24) is 15.0 Å². The highest BCUT2D eigenvalue weighted by atomic mass is 16.5. The smallest absolute Gasteiger partial charge is 0.305 e. The van der Waals surface area contributed by atoms with E-state index >= 15 is 0 Å². The van der Waals surface area contributed by atoms with Crippen LogP contribution in [0.1, 0.15) is 44.6 Å². The lowest BCUT2D eigenvalue weighted by molar-refractivity contribution is -0.144. The van der Waals surface area contributed by atoms with Gasteiger partial charge in [0.1, 0.15) is 12.3 Å². The van der Waals surface area contributed by atoms with E-state index in [9.17, 15) is 4.79 Å². The minimum absolute atomic E-state index is 0.137. The first-order valence-corrected chi connectivity index (χ1v) is 10.4. The number of hydrogen-bond acceptors (Lipinski definition) is 4. The average molecular weight is 392 g/mol. The van der Waals surface area contributed by atoms with Crippen molar-refractivity contribution in [3.63, 3.8) is 0 Å². The third-order valence-corrected chi connectivity index (χ3v) is 4.98. The third kappa shape index (κ3) is 5.53. The van der Waals surface area contributed by atoms with Crippen LogP contribution < -0.4 is 0 Å². The number of ether oxygens (including phenoxy) is 1. The normalized spacial score (nSPS) is 10.8. The van der Waals surface area contributed by atoms with Crippen LogP contribution in [0.15, 0.2) is 54.6 Å². The van der Waals surface area contributed by atoms with E-state index in [0.717, 1.165) is 53.8 Å². The Hall–Kier alpha value is -2.95. The molecule has 3 aromatic rings. The summed E-state index contributed by atoms with van der Waals surface area (Å²) in [5, 5.41) is 8.81. The lowest BCUT2D eigenvalue weighted by Gasteiger charge is -2.11. The standard InChI is InChI=1S/C24H29N3O2/c1-3-4-5-9-16-22(28)29-18-17-27-24(21-15-11-10-12-19(21)2)23(25-26-27)20-13-7-6-8-14-20/h6-8,10-15H,3-5,9,16-18H2,1-2H3. The molecule has 0 unspecified atom stereocenters. The Morgan fingerprint density at radius 2 is 1.76 bits per heavy atom. The monoisotopic (exact) mass is 391 g/mol. The summed E-state index contributed by atoms with van der Waals surface area (Å²) in [5.41, 5.74) is 5.05. The van der Waals surface area contributed by atoms with Crippen molar-refractivity contribution in [2.75, 3.05) is 6.61 Å².